The zero-order chi connectivity index (χ0) is 19.2. The number of hydrogen-bond donors (Lipinski definition) is 1. The van der Waals surface area contributed by atoms with E-state index in [0.29, 0.717) is 18.8 Å². The van der Waals surface area contributed by atoms with Gasteiger partial charge in [-0.15, -0.1) is 10.2 Å². The molecular formula is C21H26N4O2. The average Bonchev–Trinajstić information content (AvgIpc) is 3.10. The van der Waals surface area contributed by atoms with Crippen LogP contribution in [0.1, 0.15) is 44.1 Å². The molecule has 0 bridgehead atoms. The second kappa shape index (κ2) is 8.66. The number of benzene rings is 1. The van der Waals surface area contributed by atoms with Crippen LogP contribution in [0.3, 0.4) is 0 Å². The van der Waals surface area contributed by atoms with Crippen molar-refractivity contribution in [1.82, 2.24) is 19.9 Å². The van der Waals surface area contributed by atoms with Gasteiger partial charge < -0.3 is 10.1 Å². The quantitative estimate of drug-likeness (QED) is 0.662. The number of fused-ring (bicyclic) bond motifs is 1. The topological polar surface area (TPSA) is 68.5 Å². The number of aromatic nitrogens is 3. The minimum absolute atomic E-state index is 0.0177. The highest BCUT2D eigenvalue weighted by atomic mass is 16.5. The lowest BCUT2D eigenvalue weighted by atomic mass is 10.0. The highest BCUT2D eigenvalue weighted by Gasteiger charge is 2.21. The molecule has 0 spiro atoms. The van der Waals surface area contributed by atoms with Crippen molar-refractivity contribution in [2.24, 2.45) is 5.92 Å². The minimum Gasteiger partial charge on any atom is -0.497 e. The van der Waals surface area contributed by atoms with Gasteiger partial charge in [0.05, 0.1) is 13.2 Å². The Kier molecular flexibility index (Phi) is 6.06. The number of amides is 1. The second-order valence-electron chi connectivity index (χ2n) is 7.08. The molecule has 0 saturated carbocycles. The third kappa shape index (κ3) is 4.84. The van der Waals surface area contributed by atoms with Crippen LogP contribution < -0.4 is 10.1 Å². The van der Waals surface area contributed by atoms with Crippen molar-refractivity contribution < 1.29 is 9.53 Å². The third-order valence-electron chi connectivity index (χ3n) is 4.49. The van der Waals surface area contributed by atoms with E-state index in [1.807, 2.05) is 53.1 Å². The Hall–Kier alpha value is -2.89. The zero-order valence-corrected chi connectivity index (χ0v) is 16.1. The molecule has 2 aromatic heterocycles. The van der Waals surface area contributed by atoms with Gasteiger partial charge in [0.25, 0.3) is 0 Å². The first-order chi connectivity index (χ1) is 13.1. The maximum Gasteiger partial charge on any atom is 0.220 e. The first-order valence-corrected chi connectivity index (χ1v) is 9.28. The Labute approximate surface area is 159 Å². The number of carbonyl (C=O) groups is 1. The molecule has 0 aliphatic rings. The molecule has 1 amide bonds. The number of nitrogens with one attached hydrogen (secondary N) is 1. The van der Waals surface area contributed by atoms with E-state index >= 15 is 0 Å². The fourth-order valence-corrected chi connectivity index (χ4v) is 3.11. The van der Waals surface area contributed by atoms with Crippen LogP contribution in [0, 0.1) is 5.92 Å². The van der Waals surface area contributed by atoms with Gasteiger partial charge >= 0.3 is 0 Å². The van der Waals surface area contributed by atoms with Crippen molar-refractivity contribution in [2.75, 3.05) is 7.11 Å². The van der Waals surface area contributed by atoms with Crippen molar-refractivity contribution in [1.29, 1.82) is 0 Å². The molecule has 1 aromatic carbocycles. The lowest BCUT2D eigenvalue weighted by molar-refractivity contribution is -0.122. The van der Waals surface area contributed by atoms with Gasteiger partial charge in [-0.05, 0) is 48.6 Å². The molecule has 3 rings (SSSR count). The molecule has 0 radical (unpaired) electrons. The number of hydrogen-bond acceptors (Lipinski definition) is 4. The summed E-state index contributed by atoms with van der Waals surface area (Å²) in [5, 5.41) is 11.7. The van der Waals surface area contributed by atoms with Gasteiger partial charge in [-0.1, -0.05) is 32.0 Å². The first kappa shape index (κ1) is 18.9. The molecule has 0 aliphatic heterocycles. The summed E-state index contributed by atoms with van der Waals surface area (Å²) >= 11 is 0. The lowest BCUT2D eigenvalue weighted by Crippen LogP contribution is -2.31. The molecule has 6 nitrogen and oxygen atoms in total. The Bertz CT molecular complexity index is 887. The first-order valence-electron chi connectivity index (χ1n) is 9.28. The van der Waals surface area contributed by atoms with Crippen molar-refractivity contribution >= 4 is 11.6 Å². The van der Waals surface area contributed by atoms with Crippen LogP contribution in [0.15, 0.2) is 48.7 Å². The van der Waals surface area contributed by atoms with Crippen LogP contribution in [-0.2, 0) is 11.2 Å². The number of methoxy groups -OCH3 is 1. The summed E-state index contributed by atoms with van der Waals surface area (Å²) in [5.74, 6) is 2.04. The summed E-state index contributed by atoms with van der Waals surface area (Å²) in [7, 11) is 1.64. The van der Waals surface area contributed by atoms with E-state index < -0.39 is 0 Å². The number of nitrogens with zero attached hydrogens (tertiary/aromatic N) is 3. The number of carbonyl (C=O) groups excluding carboxylic acids is 1. The fourth-order valence-electron chi connectivity index (χ4n) is 3.11. The normalized spacial score (nSPS) is 12.3. The molecule has 0 saturated heterocycles. The average molecular weight is 366 g/mol. The highest BCUT2D eigenvalue weighted by molar-refractivity contribution is 5.76. The SMILES string of the molecule is COc1ccc(CCC(=O)NC(CC(C)C)c2nnc3ccccn23)cc1. The molecule has 6 heteroatoms. The number of rotatable bonds is 8. The summed E-state index contributed by atoms with van der Waals surface area (Å²) in [6.45, 7) is 4.28. The second-order valence-corrected chi connectivity index (χ2v) is 7.08. The summed E-state index contributed by atoms with van der Waals surface area (Å²) in [4.78, 5) is 12.6. The Morgan fingerprint density at radius 3 is 2.63 bits per heavy atom. The van der Waals surface area contributed by atoms with Crippen LogP contribution in [0.4, 0.5) is 0 Å². The maximum absolute atomic E-state index is 12.6. The van der Waals surface area contributed by atoms with Crippen LogP contribution in [0.5, 0.6) is 5.75 Å². The maximum atomic E-state index is 12.6. The van der Waals surface area contributed by atoms with Gasteiger partial charge in [-0.2, -0.15) is 0 Å². The van der Waals surface area contributed by atoms with Crippen LogP contribution >= 0.6 is 0 Å². The highest BCUT2D eigenvalue weighted by Crippen LogP contribution is 2.21. The molecule has 3 aromatic rings. The van der Waals surface area contributed by atoms with E-state index in [0.717, 1.165) is 29.2 Å². The smallest absolute Gasteiger partial charge is 0.220 e. The van der Waals surface area contributed by atoms with E-state index in [-0.39, 0.29) is 11.9 Å². The largest absolute Gasteiger partial charge is 0.497 e. The molecule has 1 unspecified atom stereocenters. The number of aryl methyl sites for hydroxylation is 1. The zero-order valence-electron chi connectivity index (χ0n) is 16.1. The van der Waals surface area contributed by atoms with Gasteiger partial charge in [0.1, 0.15) is 5.75 Å². The molecule has 0 aliphatic carbocycles. The lowest BCUT2D eigenvalue weighted by Gasteiger charge is -2.19. The molecule has 1 atom stereocenters. The molecule has 2 heterocycles. The van der Waals surface area contributed by atoms with Crippen molar-refractivity contribution in [3.8, 4) is 5.75 Å². The standard InChI is InChI=1S/C21H26N4O2/c1-15(2)14-18(21-24-23-19-6-4-5-13-25(19)21)22-20(26)12-9-16-7-10-17(27-3)11-8-16/h4-8,10-11,13,15,18H,9,12,14H2,1-3H3,(H,22,26). The van der Waals surface area contributed by atoms with Gasteiger partial charge in [0, 0.05) is 12.6 Å². The van der Waals surface area contributed by atoms with Crippen molar-refractivity contribution in [3.05, 3.63) is 60.0 Å². The molecule has 142 valence electrons. The monoisotopic (exact) mass is 366 g/mol. The van der Waals surface area contributed by atoms with Gasteiger partial charge in [0.2, 0.25) is 5.91 Å². The van der Waals surface area contributed by atoms with E-state index in [4.69, 9.17) is 4.74 Å². The van der Waals surface area contributed by atoms with Crippen molar-refractivity contribution in [3.63, 3.8) is 0 Å². The van der Waals surface area contributed by atoms with Crippen LogP contribution in [0.25, 0.3) is 5.65 Å². The van der Waals surface area contributed by atoms with E-state index in [9.17, 15) is 4.79 Å². The Morgan fingerprint density at radius 1 is 1.15 bits per heavy atom. The summed E-state index contributed by atoms with van der Waals surface area (Å²) in [6.07, 6.45) is 3.86. The van der Waals surface area contributed by atoms with E-state index in [2.05, 4.69) is 29.4 Å². The summed E-state index contributed by atoms with van der Waals surface area (Å²) in [5.41, 5.74) is 1.90. The molecule has 27 heavy (non-hydrogen) atoms. The summed E-state index contributed by atoms with van der Waals surface area (Å²) in [6, 6.07) is 13.4. The van der Waals surface area contributed by atoms with Gasteiger partial charge in [0.15, 0.2) is 11.5 Å². The Balaban J connectivity index is 1.67. The van der Waals surface area contributed by atoms with Gasteiger partial charge in [-0.3, -0.25) is 9.20 Å². The molecule has 0 fully saturated rings. The minimum atomic E-state index is -0.161. The van der Waals surface area contributed by atoms with E-state index in [1.54, 1.807) is 7.11 Å². The van der Waals surface area contributed by atoms with Crippen LogP contribution in [-0.4, -0.2) is 27.6 Å². The molecular weight excluding hydrogens is 340 g/mol. The van der Waals surface area contributed by atoms with Gasteiger partial charge in [-0.25, -0.2) is 0 Å². The predicted molar refractivity (Wildman–Crippen MR) is 105 cm³/mol. The summed E-state index contributed by atoms with van der Waals surface area (Å²) < 4.78 is 7.11. The number of pyridine rings is 1. The predicted octanol–water partition coefficient (Wildman–Crippen LogP) is 3.57. The Morgan fingerprint density at radius 2 is 1.93 bits per heavy atom. The fraction of sp³-hybridized carbons (Fsp3) is 0.381. The molecule has 1 N–H and O–H groups in total. The number of ether oxygens (including phenoxy) is 1. The third-order valence-corrected chi connectivity index (χ3v) is 4.49. The van der Waals surface area contributed by atoms with E-state index in [1.165, 1.54) is 0 Å². The van der Waals surface area contributed by atoms with Crippen LogP contribution in [0.2, 0.25) is 0 Å². The van der Waals surface area contributed by atoms with Crippen molar-refractivity contribution in [2.45, 2.75) is 39.2 Å².